The zero-order valence-electron chi connectivity index (χ0n) is 10.1. The summed E-state index contributed by atoms with van der Waals surface area (Å²) >= 11 is 0. The van der Waals surface area contributed by atoms with Crippen molar-refractivity contribution in [3.8, 4) is 0 Å². The van der Waals surface area contributed by atoms with E-state index in [4.69, 9.17) is 4.74 Å². The van der Waals surface area contributed by atoms with Crippen LogP contribution >= 0.6 is 12.4 Å². The van der Waals surface area contributed by atoms with Gasteiger partial charge in [0.25, 0.3) is 0 Å². The Hall–Kier alpha value is -1.11. The zero-order valence-corrected chi connectivity index (χ0v) is 10.9. The van der Waals surface area contributed by atoms with Crippen molar-refractivity contribution in [1.29, 1.82) is 0 Å². The summed E-state index contributed by atoms with van der Waals surface area (Å²) in [7, 11) is 3.46. The number of hydrogen-bond donors (Lipinski definition) is 2. The molecule has 6 nitrogen and oxygen atoms in total. The van der Waals surface area contributed by atoms with Gasteiger partial charge in [0.2, 0.25) is 5.91 Å². The van der Waals surface area contributed by atoms with Crippen molar-refractivity contribution >= 4 is 24.0 Å². The summed E-state index contributed by atoms with van der Waals surface area (Å²) in [6.45, 7) is 1.96. The van der Waals surface area contributed by atoms with E-state index in [2.05, 4.69) is 15.7 Å². The van der Waals surface area contributed by atoms with Crippen molar-refractivity contribution in [3.05, 3.63) is 12.4 Å². The van der Waals surface area contributed by atoms with Gasteiger partial charge >= 0.3 is 0 Å². The Labute approximate surface area is 107 Å². The van der Waals surface area contributed by atoms with Gasteiger partial charge in [-0.15, -0.1) is 12.4 Å². The first-order valence-electron chi connectivity index (χ1n) is 5.22. The van der Waals surface area contributed by atoms with Gasteiger partial charge in [-0.25, -0.2) is 0 Å². The lowest BCUT2D eigenvalue weighted by Crippen LogP contribution is -2.18. The maximum atomic E-state index is 11.4. The third kappa shape index (κ3) is 6.25. The average Bonchev–Trinajstić information content (AvgIpc) is 2.71. The second kappa shape index (κ2) is 8.98. The molecular formula is C10H19ClN4O2. The van der Waals surface area contributed by atoms with Crippen LogP contribution in [-0.4, -0.2) is 43.0 Å². The van der Waals surface area contributed by atoms with Gasteiger partial charge in [0.1, 0.15) is 0 Å². The first-order chi connectivity index (χ1) is 7.76. The zero-order chi connectivity index (χ0) is 11.8. The molecule has 7 heteroatoms. The van der Waals surface area contributed by atoms with Gasteiger partial charge in [0, 0.05) is 26.3 Å². The van der Waals surface area contributed by atoms with E-state index in [9.17, 15) is 4.79 Å². The molecule has 0 unspecified atom stereocenters. The van der Waals surface area contributed by atoms with Crippen molar-refractivity contribution in [2.24, 2.45) is 0 Å². The summed E-state index contributed by atoms with van der Waals surface area (Å²) in [5.74, 6) is -0.0133. The lowest BCUT2D eigenvalue weighted by atomic mass is 10.4. The van der Waals surface area contributed by atoms with Crippen LogP contribution in [0.1, 0.15) is 6.42 Å². The Kier molecular flexibility index (Phi) is 8.39. The van der Waals surface area contributed by atoms with Crippen molar-refractivity contribution in [1.82, 2.24) is 15.1 Å². The van der Waals surface area contributed by atoms with Crippen LogP contribution in [0.3, 0.4) is 0 Å². The summed E-state index contributed by atoms with van der Waals surface area (Å²) in [4.78, 5) is 11.4. The highest BCUT2D eigenvalue weighted by molar-refractivity contribution is 5.90. The van der Waals surface area contributed by atoms with E-state index in [1.54, 1.807) is 24.2 Å². The van der Waals surface area contributed by atoms with Gasteiger partial charge in [-0.3, -0.25) is 9.48 Å². The first-order valence-corrected chi connectivity index (χ1v) is 5.22. The van der Waals surface area contributed by atoms with Crippen LogP contribution in [0.2, 0.25) is 0 Å². The van der Waals surface area contributed by atoms with E-state index in [1.807, 2.05) is 7.05 Å². The molecule has 0 aliphatic heterocycles. The number of carbonyl (C=O) groups excluding carboxylic acids is 1. The SMILES string of the molecule is CNCCC(=O)Nc1cnn(CCOC)c1.Cl. The highest BCUT2D eigenvalue weighted by atomic mass is 35.5. The number of nitrogens with one attached hydrogen (secondary N) is 2. The number of halogens is 1. The number of anilines is 1. The van der Waals surface area contributed by atoms with E-state index >= 15 is 0 Å². The lowest BCUT2D eigenvalue weighted by Gasteiger charge is -2.01. The van der Waals surface area contributed by atoms with Crippen LogP contribution in [0, 0.1) is 0 Å². The maximum Gasteiger partial charge on any atom is 0.225 e. The van der Waals surface area contributed by atoms with Crippen LogP contribution in [0.4, 0.5) is 5.69 Å². The number of nitrogens with zero attached hydrogens (tertiary/aromatic N) is 2. The monoisotopic (exact) mass is 262 g/mol. The van der Waals surface area contributed by atoms with Crippen molar-refractivity contribution in [3.63, 3.8) is 0 Å². The standard InChI is InChI=1S/C10H18N4O2.ClH/c1-11-4-3-10(15)13-9-7-12-14(8-9)5-6-16-2;/h7-8,11H,3-6H2,1-2H3,(H,13,15);1H. The summed E-state index contributed by atoms with van der Waals surface area (Å²) in [5, 5.41) is 9.78. The molecule has 0 radical (unpaired) electrons. The lowest BCUT2D eigenvalue weighted by molar-refractivity contribution is -0.116. The van der Waals surface area contributed by atoms with E-state index in [-0.39, 0.29) is 18.3 Å². The number of carbonyl (C=O) groups is 1. The molecule has 0 saturated carbocycles. The van der Waals surface area contributed by atoms with Gasteiger partial charge in [-0.1, -0.05) is 0 Å². The molecule has 0 atom stereocenters. The number of methoxy groups -OCH3 is 1. The number of rotatable bonds is 7. The predicted molar refractivity (Wildman–Crippen MR) is 68.5 cm³/mol. The number of aromatic nitrogens is 2. The smallest absolute Gasteiger partial charge is 0.225 e. The fraction of sp³-hybridized carbons (Fsp3) is 0.600. The Morgan fingerprint density at radius 1 is 1.59 bits per heavy atom. The van der Waals surface area contributed by atoms with Crippen molar-refractivity contribution < 1.29 is 9.53 Å². The molecule has 0 saturated heterocycles. The predicted octanol–water partition coefficient (Wildman–Crippen LogP) is 0.499. The molecule has 0 aliphatic rings. The molecule has 0 fully saturated rings. The molecule has 98 valence electrons. The molecule has 1 aromatic rings. The number of ether oxygens (including phenoxy) is 1. The largest absolute Gasteiger partial charge is 0.383 e. The molecule has 0 aromatic carbocycles. The second-order valence-electron chi connectivity index (χ2n) is 3.39. The summed E-state index contributed by atoms with van der Waals surface area (Å²) < 4.78 is 6.67. The Morgan fingerprint density at radius 3 is 3.00 bits per heavy atom. The Morgan fingerprint density at radius 2 is 2.35 bits per heavy atom. The molecule has 2 N–H and O–H groups in total. The highest BCUT2D eigenvalue weighted by Gasteiger charge is 2.03. The summed E-state index contributed by atoms with van der Waals surface area (Å²) in [5.41, 5.74) is 0.720. The van der Waals surface area contributed by atoms with Crippen LogP contribution in [0.25, 0.3) is 0 Å². The van der Waals surface area contributed by atoms with E-state index in [0.29, 0.717) is 26.1 Å². The van der Waals surface area contributed by atoms with Gasteiger partial charge in [0.05, 0.1) is 25.0 Å². The highest BCUT2D eigenvalue weighted by Crippen LogP contribution is 2.04. The normalized spacial score (nSPS) is 9.76. The van der Waals surface area contributed by atoms with E-state index in [0.717, 1.165) is 5.69 Å². The van der Waals surface area contributed by atoms with Crippen LogP contribution in [-0.2, 0) is 16.1 Å². The Balaban J connectivity index is 0.00000256. The second-order valence-corrected chi connectivity index (χ2v) is 3.39. The number of hydrogen-bond acceptors (Lipinski definition) is 4. The molecule has 0 aliphatic carbocycles. The van der Waals surface area contributed by atoms with Crippen LogP contribution < -0.4 is 10.6 Å². The van der Waals surface area contributed by atoms with Gasteiger partial charge in [-0.2, -0.15) is 5.10 Å². The average molecular weight is 263 g/mol. The third-order valence-corrected chi connectivity index (χ3v) is 2.04. The molecule has 1 rings (SSSR count). The topological polar surface area (TPSA) is 68.2 Å². The fourth-order valence-electron chi connectivity index (χ4n) is 1.20. The van der Waals surface area contributed by atoms with Gasteiger partial charge in [0.15, 0.2) is 0 Å². The van der Waals surface area contributed by atoms with Gasteiger partial charge < -0.3 is 15.4 Å². The summed E-state index contributed by atoms with van der Waals surface area (Å²) in [6.07, 6.45) is 3.88. The molecular weight excluding hydrogens is 244 g/mol. The van der Waals surface area contributed by atoms with Crippen LogP contribution in [0.5, 0.6) is 0 Å². The minimum Gasteiger partial charge on any atom is -0.383 e. The quantitative estimate of drug-likeness (QED) is 0.751. The van der Waals surface area contributed by atoms with Crippen molar-refractivity contribution in [2.75, 3.05) is 32.6 Å². The molecule has 0 spiro atoms. The van der Waals surface area contributed by atoms with E-state index < -0.39 is 0 Å². The van der Waals surface area contributed by atoms with Gasteiger partial charge in [-0.05, 0) is 7.05 Å². The minimum atomic E-state index is -0.0133. The molecule has 17 heavy (non-hydrogen) atoms. The molecule has 1 aromatic heterocycles. The maximum absolute atomic E-state index is 11.4. The summed E-state index contributed by atoms with van der Waals surface area (Å²) in [6, 6.07) is 0. The van der Waals surface area contributed by atoms with Crippen LogP contribution in [0.15, 0.2) is 12.4 Å². The molecule has 0 bridgehead atoms. The fourth-order valence-corrected chi connectivity index (χ4v) is 1.20. The third-order valence-electron chi connectivity index (χ3n) is 2.04. The molecule has 1 amide bonds. The minimum absolute atomic E-state index is 0. The Bertz CT molecular complexity index is 330. The molecule has 1 heterocycles. The number of amides is 1. The van der Waals surface area contributed by atoms with E-state index in [1.165, 1.54) is 0 Å². The van der Waals surface area contributed by atoms with Crippen molar-refractivity contribution in [2.45, 2.75) is 13.0 Å². The first kappa shape index (κ1) is 15.9.